The Labute approximate surface area is 121 Å². The van der Waals surface area contributed by atoms with E-state index in [0.717, 1.165) is 18.5 Å². The molecule has 0 spiro atoms. The number of halogens is 2. The standard InChI is InChI=1S/C15H17F2NOS/c1-2-18-14(10-13-4-3-9-20-13)11-5-7-12(8-6-11)19-15(16)17/h3-9,14-15,18H,2,10H2,1H3. The zero-order chi connectivity index (χ0) is 14.4. The maximum Gasteiger partial charge on any atom is 0.387 e. The fourth-order valence-electron chi connectivity index (χ4n) is 2.07. The summed E-state index contributed by atoms with van der Waals surface area (Å²) in [5, 5.41) is 5.47. The third kappa shape index (κ3) is 4.28. The monoisotopic (exact) mass is 297 g/mol. The van der Waals surface area contributed by atoms with Crippen molar-refractivity contribution in [1.82, 2.24) is 5.32 Å². The van der Waals surface area contributed by atoms with Crippen LogP contribution in [0.1, 0.15) is 23.4 Å². The van der Waals surface area contributed by atoms with Gasteiger partial charge in [0.1, 0.15) is 5.75 Å². The topological polar surface area (TPSA) is 21.3 Å². The van der Waals surface area contributed by atoms with E-state index in [0.29, 0.717) is 0 Å². The predicted molar refractivity (Wildman–Crippen MR) is 77.5 cm³/mol. The van der Waals surface area contributed by atoms with Gasteiger partial charge in [-0.25, -0.2) is 0 Å². The van der Waals surface area contributed by atoms with Crippen molar-refractivity contribution in [3.8, 4) is 5.75 Å². The first-order chi connectivity index (χ1) is 9.69. The summed E-state index contributed by atoms with van der Waals surface area (Å²) in [4.78, 5) is 1.30. The number of benzene rings is 1. The van der Waals surface area contributed by atoms with Crippen molar-refractivity contribution >= 4 is 11.3 Å². The lowest BCUT2D eigenvalue weighted by Crippen LogP contribution is -2.22. The van der Waals surface area contributed by atoms with Gasteiger partial charge in [0, 0.05) is 17.3 Å². The van der Waals surface area contributed by atoms with E-state index >= 15 is 0 Å². The summed E-state index contributed by atoms with van der Waals surface area (Å²) in [5.41, 5.74) is 1.07. The lowest BCUT2D eigenvalue weighted by atomic mass is 10.0. The van der Waals surface area contributed by atoms with Crippen molar-refractivity contribution < 1.29 is 13.5 Å². The van der Waals surface area contributed by atoms with Crippen LogP contribution in [0.3, 0.4) is 0 Å². The molecule has 0 aliphatic heterocycles. The second-order valence-electron chi connectivity index (χ2n) is 4.34. The van der Waals surface area contributed by atoms with Crippen LogP contribution in [0.2, 0.25) is 0 Å². The molecule has 0 saturated carbocycles. The minimum absolute atomic E-state index is 0.180. The van der Waals surface area contributed by atoms with Crippen molar-refractivity contribution in [3.63, 3.8) is 0 Å². The number of nitrogens with one attached hydrogen (secondary N) is 1. The van der Waals surface area contributed by atoms with Crippen LogP contribution >= 0.6 is 11.3 Å². The molecule has 108 valence electrons. The Hall–Kier alpha value is -1.46. The molecule has 2 aromatic rings. The number of ether oxygens (including phenoxy) is 1. The minimum atomic E-state index is -2.78. The van der Waals surface area contributed by atoms with Crippen LogP contribution in [0.25, 0.3) is 0 Å². The molecule has 5 heteroatoms. The van der Waals surface area contributed by atoms with Crippen molar-refractivity contribution in [2.45, 2.75) is 26.0 Å². The molecule has 1 atom stereocenters. The van der Waals surface area contributed by atoms with E-state index in [1.807, 2.05) is 18.2 Å². The molecule has 0 saturated heterocycles. The Kier molecular flexibility index (Phi) is 5.49. The average molecular weight is 297 g/mol. The normalized spacial score (nSPS) is 12.6. The molecule has 1 N–H and O–H groups in total. The van der Waals surface area contributed by atoms with E-state index in [2.05, 4.69) is 28.4 Å². The third-order valence-corrected chi connectivity index (χ3v) is 3.84. The van der Waals surface area contributed by atoms with Crippen LogP contribution in [-0.4, -0.2) is 13.2 Å². The Morgan fingerprint density at radius 1 is 1.20 bits per heavy atom. The summed E-state index contributed by atoms with van der Waals surface area (Å²) in [6, 6.07) is 11.1. The first kappa shape index (κ1) is 14.9. The molecule has 0 fully saturated rings. The molecule has 1 heterocycles. The van der Waals surface area contributed by atoms with Gasteiger partial charge in [-0.3, -0.25) is 0 Å². The number of rotatable bonds is 7. The van der Waals surface area contributed by atoms with E-state index in [-0.39, 0.29) is 11.8 Å². The van der Waals surface area contributed by atoms with E-state index in [1.165, 1.54) is 4.88 Å². The van der Waals surface area contributed by atoms with E-state index < -0.39 is 6.61 Å². The van der Waals surface area contributed by atoms with Crippen LogP contribution in [0, 0.1) is 0 Å². The van der Waals surface area contributed by atoms with Crippen molar-refractivity contribution in [3.05, 3.63) is 52.2 Å². The smallest absolute Gasteiger partial charge is 0.387 e. The summed E-state index contributed by atoms with van der Waals surface area (Å²) < 4.78 is 28.6. The molecule has 1 aromatic heterocycles. The summed E-state index contributed by atoms with van der Waals surface area (Å²) in [5.74, 6) is 0.190. The van der Waals surface area contributed by atoms with Gasteiger partial charge >= 0.3 is 6.61 Å². The van der Waals surface area contributed by atoms with Crippen molar-refractivity contribution in [1.29, 1.82) is 0 Å². The molecule has 0 aliphatic rings. The predicted octanol–water partition coefficient (Wildman–Crippen LogP) is 4.24. The van der Waals surface area contributed by atoms with E-state index in [1.54, 1.807) is 23.5 Å². The van der Waals surface area contributed by atoms with Gasteiger partial charge in [0.05, 0.1) is 0 Å². The highest BCUT2D eigenvalue weighted by molar-refractivity contribution is 7.09. The number of thiophene rings is 1. The zero-order valence-corrected chi connectivity index (χ0v) is 12.0. The Bertz CT molecular complexity index is 499. The Balaban J connectivity index is 2.08. The molecule has 0 bridgehead atoms. The van der Waals surface area contributed by atoms with E-state index in [9.17, 15) is 8.78 Å². The van der Waals surface area contributed by atoms with Crippen LogP contribution in [0.5, 0.6) is 5.75 Å². The molecule has 2 nitrogen and oxygen atoms in total. The highest BCUT2D eigenvalue weighted by Crippen LogP contribution is 2.24. The van der Waals surface area contributed by atoms with Crippen LogP contribution in [0.4, 0.5) is 8.78 Å². The quantitative estimate of drug-likeness (QED) is 0.825. The van der Waals surface area contributed by atoms with Gasteiger partial charge in [0.15, 0.2) is 0 Å². The zero-order valence-electron chi connectivity index (χ0n) is 11.2. The Morgan fingerprint density at radius 3 is 2.50 bits per heavy atom. The average Bonchev–Trinajstić information content (AvgIpc) is 2.91. The minimum Gasteiger partial charge on any atom is -0.435 e. The lowest BCUT2D eigenvalue weighted by molar-refractivity contribution is -0.0498. The molecule has 0 radical (unpaired) electrons. The summed E-state index contributed by atoms with van der Waals surface area (Å²) >= 11 is 1.72. The molecule has 20 heavy (non-hydrogen) atoms. The van der Waals surface area contributed by atoms with Gasteiger partial charge in [0.2, 0.25) is 0 Å². The van der Waals surface area contributed by atoms with Gasteiger partial charge in [-0.05, 0) is 35.7 Å². The summed E-state index contributed by atoms with van der Waals surface area (Å²) in [6.07, 6.45) is 0.889. The fourth-order valence-corrected chi connectivity index (χ4v) is 2.82. The number of likely N-dealkylation sites (N-methyl/N-ethyl adjacent to an activating group) is 1. The highest BCUT2D eigenvalue weighted by Gasteiger charge is 2.12. The summed E-state index contributed by atoms with van der Waals surface area (Å²) in [6.45, 7) is 0.123. The number of hydrogen-bond acceptors (Lipinski definition) is 3. The third-order valence-electron chi connectivity index (χ3n) is 2.94. The molecular formula is C15H17F2NOS. The first-order valence-electron chi connectivity index (χ1n) is 6.49. The maximum atomic E-state index is 12.1. The molecular weight excluding hydrogens is 280 g/mol. The van der Waals surface area contributed by atoms with Crippen LogP contribution in [0.15, 0.2) is 41.8 Å². The van der Waals surface area contributed by atoms with Gasteiger partial charge in [-0.15, -0.1) is 11.3 Å². The fraction of sp³-hybridized carbons (Fsp3) is 0.333. The largest absolute Gasteiger partial charge is 0.435 e. The molecule has 2 rings (SSSR count). The van der Waals surface area contributed by atoms with Crippen LogP contribution < -0.4 is 10.1 Å². The second kappa shape index (κ2) is 7.36. The molecule has 0 amide bonds. The first-order valence-corrected chi connectivity index (χ1v) is 7.37. The molecule has 0 aliphatic carbocycles. The van der Waals surface area contributed by atoms with E-state index in [4.69, 9.17) is 0 Å². The Morgan fingerprint density at radius 2 is 1.95 bits per heavy atom. The van der Waals surface area contributed by atoms with Gasteiger partial charge in [0.25, 0.3) is 0 Å². The lowest BCUT2D eigenvalue weighted by Gasteiger charge is -2.18. The SMILES string of the molecule is CCNC(Cc1cccs1)c1ccc(OC(F)F)cc1. The summed E-state index contributed by atoms with van der Waals surface area (Å²) in [7, 11) is 0. The van der Waals surface area contributed by atoms with Gasteiger partial charge in [-0.1, -0.05) is 25.1 Å². The van der Waals surface area contributed by atoms with Gasteiger partial charge in [-0.2, -0.15) is 8.78 Å². The van der Waals surface area contributed by atoms with Crippen molar-refractivity contribution in [2.75, 3.05) is 6.54 Å². The van der Waals surface area contributed by atoms with Gasteiger partial charge < -0.3 is 10.1 Å². The number of alkyl halides is 2. The van der Waals surface area contributed by atoms with Crippen LogP contribution in [-0.2, 0) is 6.42 Å². The maximum absolute atomic E-state index is 12.1. The molecule has 1 aromatic carbocycles. The number of hydrogen-bond donors (Lipinski definition) is 1. The second-order valence-corrected chi connectivity index (χ2v) is 5.37. The molecule has 1 unspecified atom stereocenters. The van der Waals surface area contributed by atoms with Crippen molar-refractivity contribution in [2.24, 2.45) is 0 Å². The highest BCUT2D eigenvalue weighted by atomic mass is 32.1.